The summed E-state index contributed by atoms with van der Waals surface area (Å²) in [4.78, 5) is 11.7. The van der Waals surface area contributed by atoms with Crippen LogP contribution in [0.2, 0.25) is 0 Å². The Bertz CT molecular complexity index is 477. The average molecular weight is 324 g/mol. The Morgan fingerprint density at radius 1 is 1.35 bits per heavy atom. The Labute approximate surface area is 140 Å². The summed E-state index contributed by atoms with van der Waals surface area (Å²) in [5, 5.41) is 10.5. The third-order valence-corrected chi connectivity index (χ3v) is 3.74. The van der Waals surface area contributed by atoms with Crippen LogP contribution in [0.15, 0.2) is 12.3 Å². The molecule has 1 amide bonds. The number of nitrogens with zero attached hydrogens (tertiary/aromatic N) is 2. The number of hydrogen-bond acceptors (Lipinski definition) is 4. The minimum atomic E-state index is -0.460. The zero-order chi connectivity index (χ0) is 17.5. The molecule has 0 bridgehead atoms. The van der Waals surface area contributed by atoms with Gasteiger partial charge in [0.15, 0.2) is 0 Å². The van der Waals surface area contributed by atoms with Crippen molar-refractivity contribution in [3.63, 3.8) is 0 Å². The Morgan fingerprint density at radius 3 is 2.57 bits per heavy atom. The number of hydrogen-bond donors (Lipinski definition) is 2. The normalized spacial score (nSPS) is 13.2. The lowest BCUT2D eigenvalue weighted by Crippen LogP contribution is -2.40. The highest BCUT2D eigenvalue weighted by Crippen LogP contribution is 2.10. The van der Waals surface area contributed by atoms with Gasteiger partial charge in [-0.25, -0.2) is 4.79 Å². The molecule has 0 spiro atoms. The van der Waals surface area contributed by atoms with E-state index in [1.54, 1.807) is 0 Å². The first-order valence-corrected chi connectivity index (χ1v) is 8.33. The average Bonchev–Trinajstić information content (AvgIpc) is 2.81. The number of ether oxygens (including phenoxy) is 1. The van der Waals surface area contributed by atoms with Crippen molar-refractivity contribution in [2.75, 3.05) is 19.6 Å². The van der Waals surface area contributed by atoms with Gasteiger partial charge in [0.1, 0.15) is 5.60 Å². The fraction of sp³-hybridized carbons (Fsp3) is 0.765. The van der Waals surface area contributed by atoms with Crippen molar-refractivity contribution in [1.82, 2.24) is 20.4 Å². The van der Waals surface area contributed by atoms with Crippen LogP contribution in [0, 0.1) is 11.8 Å². The van der Waals surface area contributed by atoms with Crippen LogP contribution in [-0.4, -0.2) is 41.1 Å². The molecule has 1 heterocycles. The van der Waals surface area contributed by atoms with Crippen LogP contribution < -0.4 is 10.6 Å². The quantitative estimate of drug-likeness (QED) is 0.720. The molecule has 6 heteroatoms. The van der Waals surface area contributed by atoms with E-state index in [9.17, 15) is 4.79 Å². The second-order valence-electron chi connectivity index (χ2n) is 7.29. The molecule has 1 aromatic heterocycles. The predicted molar refractivity (Wildman–Crippen MR) is 92.3 cm³/mol. The molecule has 0 aliphatic rings. The SMILES string of the molecule is CC(C)C(CNCCc1ccnn1C)CNC(=O)OC(C)(C)C. The summed E-state index contributed by atoms with van der Waals surface area (Å²) >= 11 is 0. The summed E-state index contributed by atoms with van der Waals surface area (Å²) in [5.41, 5.74) is 0.754. The Hall–Kier alpha value is -1.56. The summed E-state index contributed by atoms with van der Waals surface area (Å²) < 4.78 is 7.17. The molecule has 0 fully saturated rings. The maximum atomic E-state index is 11.7. The second kappa shape index (κ2) is 8.91. The van der Waals surface area contributed by atoms with Crippen molar-refractivity contribution in [3.05, 3.63) is 18.0 Å². The smallest absolute Gasteiger partial charge is 0.407 e. The second-order valence-corrected chi connectivity index (χ2v) is 7.29. The fourth-order valence-electron chi connectivity index (χ4n) is 2.22. The van der Waals surface area contributed by atoms with Crippen molar-refractivity contribution in [2.45, 2.75) is 46.6 Å². The molecule has 0 aromatic carbocycles. The monoisotopic (exact) mass is 324 g/mol. The summed E-state index contributed by atoms with van der Waals surface area (Å²) in [6.07, 6.45) is 2.41. The van der Waals surface area contributed by atoms with Crippen LogP contribution >= 0.6 is 0 Å². The Balaban J connectivity index is 2.29. The van der Waals surface area contributed by atoms with E-state index in [0.29, 0.717) is 18.4 Å². The minimum absolute atomic E-state index is 0.349. The molecular formula is C17H32N4O2. The van der Waals surface area contributed by atoms with Gasteiger partial charge in [0.05, 0.1) is 0 Å². The lowest BCUT2D eigenvalue weighted by Gasteiger charge is -2.24. The van der Waals surface area contributed by atoms with Crippen LogP contribution in [0.5, 0.6) is 0 Å². The zero-order valence-electron chi connectivity index (χ0n) is 15.3. The van der Waals surface area contributed by atoms with Gasteiger partial charge in [-0.15, -0.1) is 0 Å². The van der Waals surface area contributed by atoms with Gasteiger partial charge in [-0.3, -0.25) is 4.68 Å². The molecule has 0 aliphatic carbocycles. The number of carbonyl (C=O) groups excluding carboxylic acids is 1. The van der Waals surface area contributed by atoms with Gasteiger partial charge in [0, 0.05) is 38.4 Å². The molecule has 132 valence electrons. The third-order valence-electron chi connectivity index (χ3n) is 3.74. The Morgan fingerprint density at radius 2 is 2.04 bits per heavy atom. The first-order valence-electron chi connectivity index (χ1n) is 8.33. The van der Waals surface area contributed by atoms with Crippen LogP contribution in [0.3, 0.4) is 0 Å². The molecule has 1 aromatic rings. The van der Waals surface area contributed by atoms with E-state index in [4.69, 9.17) is 4.74 Å². The number of amides is 1. The standard InChI is InChI=1S/C17H32N4O2/c1-13(2)14(12-19-16(22)23-17(3,4)5)11-18-9-7-15-8-10-20-21(15)6/h8,10,13-14,18H,7,9,11-12H2,1-6H3,(H,19,22). The van der Waals surface area contributed by atoms with Gasteiger partial charge in [0.25, 0.3) is 0 Å². The molecule has 0 aliphatic heterocycles. The Kier molecular flexibility index (Phi) is 7.55. The number of alkyl carbamates (subject to hydrolysis) is 1. The van der Waals surface area contributed by atoms with Crippen molar-refractivity contribution >= 4 is 6.09 Å². The van der Waals surface area contributed by atoms with E-state index in [2.05, 4.69) is 29.6 Å². The highest BCUT2D eigenvalue weighted by Gasteiger charge is 2.18. The molecule has 1 rings (SSSR count). The van der Waals surface area contributed by atoms with E-state index in [-0.39, 0.29) is 6.09 Å². The van der Waals surface area contributed by atoms with Gasteiger partial charge in [-0.05, 0) is 45.2 Å². The lowest BCUT2D eigenvalue weighted by atomic mass is 9.96. The van der Waals surface area contributed by atoms with Gasteiger partial charge < -0.3 is 15.4 Å². The largest absolute Gasteiger partial charge is 0.444 e. The maximum Gasteiger partial charge on any atom is 0.407 e. The van der Waals surface area contributed by atoms with Crippen LogP contribution in [0.4, 0.5) is 4.79 Å². The first kappa shape index (κ1) is 19.5. The summed E-state index contributed by atoms with van der Waals surface area (Å²) in [7, 11) is 1.96. The van der Waals surface area contributed by atoms with Crippen molar-refractivity contribution in [1.29, 1.82) is 0 Å². The maximum absolute atomic E-state index is 11.7. The van der Waals surface area contributed by atoms with E-state index >= 15 is 0 Å². The third kappa shape index (κ3) is 8.02. The lowest BCUT2D eigenvalue weighted by molar-refractivity contribution is 0.0515. The van der Waals surface area contributed by atoms with Gasteiger partial charge in [-0.2, -0.15) is 5.10 Å². The molecular weight excluding hydrogens is 292 g/mol. The number of nitrogens with one attached hydrogen (secondary N) is 2. The molecule has 6 nitrogen and oxygen atoms in total. The minimum Gasteiger partial charge on any atom is -0.444 e. The molecule has 2 N–H and O–H groups in total. The molecule has 23 heavy (non-hydrogen) atoms. The first-order chi connectivity index (χ1) is 10.7. The van der Waals surface area contributed by atoms with Crippen LogP contribution in [0.1, 0.15) is 40.3 Å². The van der Waals surface area contributed by atoms with Crippen molar-refractivity contribution < 1.29 is 9.53 Å². The van der Waals surface area contributed by atoms with Crippen molar-refractivity contribution in [2.24, 2.45) is 18.9 Å². The van der Waals surface area contributed by atoms with Gasteiger partial charge in [-0.1, -0.05) is 13.8 Å². The zero-order valence-corrected chi connectivity index (χ0v) is 15.3. The van der Waals surface area contributed by atoms with E-state index in [1.807, 2.05) is 44.8 Å². The number of rotatable bonds is 8. The summed E-state index contributed by atoms with van der Waals surface area (Å²) in [6, 6.07) is 2.03. The number of aryl methyl sites for hydroxylation is 1. The summed E-state index contributed by atoms with van der Waals surface area (Å²) in [6.45, 7) is 12.3. The molecule has 1 unspecified atom stereocenters. The van der Waals surface area contributed by atoms with Crippen LogP contribution in [0.25, 0.3) is 0 Å². The number of aromatic nitrogens is 2. The molecule has 1 atom stereocenters. The molecule has 0 radical (unpaired) electrons. The topological polar surface area (TPSA) is 68.2 Å². The summed E-state index contributed by atoms with van der Waals surface area (Å²) in [5.74, 6) is 0.850. The number of carbonyl (C=O) groups is 1. The fourth-order valence-corrected chi connectivity index (χ4v) is 2.22. The van der Waals surface area contributed by atoms with E-state index in [1.165, 1.54) is 5.69 Å². The highest BCUT2D eigenvalue weighted by atomic mass is 16.6. The molecule has 0 saturated carbocycles. The van der Waals surface area contributed by atoms with Crippen LogP contribution in [-0.2, 0) is 18.2 Å². The van der Waals surface area contributed by atoms with Gasteiger partial charge >= 0.3 is 6.09 Å². The van der Waals surface area contributed by atoms with E-state index in [0.717, 1.165) is 19.5 Å². The molecule has 0 saturated heterocycles. The highest BCUT2D eigenvalue weighted by molar-refractivity contribution is 5.67. The van der Waals surface area contributed by atoms with Crippen molar-refractivity contribution in [3.8, 4) is 0 Å². The predicted octanol–water partition coefficient (Wildman–Crippen LogP) is 2.35. The van der Waals surface area contributed by atoms with E-state index < -0.39 is 5.60 Å². The van der Waals surface area contributed by atoms with Gasteiger partial charge in [0.2, 0.25) is 0 Å².